The van der Waals surface area contributed by atoms with E-state index in [9.17, 15) is 18.0 Å². The van der Waals surface area contributed by atoms with Crippen LogP contribution in [-0.2, 0) is 10.0 Å². The summed E-state index contributed by atoms with van der Waals surface area (Å²) in [7, 11) is -3.94. The number of sulfonamides is 1. The SMILES string of the molecule is O=C(CO)c1ccc(OCCNS(=O)(=O)c2ccc(C(=O)Nc3ccc(Cl)c(-c4ccccn4)c3)c(Cl)c2)cc1. The maximum atomic E-state index is 12.9. The molecular formula is C28H23Cl2N3O6S. The number of pyridine rings is 1. The number of ether oxygens (including phenoxy) is 1. The third-order valence-electron chi connectivity index (χ3n) is 5.64. The summed E-state index contributed by atoms with van der Waals surface area (Å²) < 4.78 is 33.3. The fourth-order valence-corrected chi connectivity index (χ4v) is 5.21. The van der Waals surface area contributed by atoms with E-state index in [4.69, 9.17) is 33.0 Å². The van der Waals surface area contributed by atoms with Crippen LogP contribution in [0.25, 0.3) is 11.3 Å². The van der Waals surface area contributed by atoms with Crippen LogP contribution in [0.3, 0.4) is 0 Å². The zero-order chi connectivity index (χ0) is 28.7. The number of ketones is 1. The Morgan fingerprint density at radius 3 is 2.38 bits per heavy atom. The summed E-state index contributed by atoms with van der Waals surface area (Å²) in [6.45, 7) is -0.621. The molecular weight excluding hydrogens is 577 g/mol. The number of hydrogen-bond donors (Lipinski definition) is 3. The molecule has 0 aliphatic rings. The zero-order valence-electron chi connectivity index (χ0n) is 20.8. The Morgan fingerprint density at radius 1 is 0.925 bits per heavy atom. The van der Waals surface area contributed by atoms with E-state index in [-0.39, 0.29) is 28.6 Å². The number of aromatic nitrogens is 1. The van der Waals surface area contributed by atoms with Crippen molar-refractivity contribution in [3.8, 4) is 17.0 Å². The van der Waals surface area contributed by atoms with Crippen LogP contribution in [0.5, 0.6) is 5.75 Å². The van der Waals surface area contributed by atoms with Gasteiger partial charge in [-0.1, -0.05) is 29.3 Å². The van der Waals surface area contributed by atoms with Gasteiger partial charge in [-0.15, -0.1) is 0 Å². The second-order valence-corrected chi connectivity index (χ2v) is 10.9. The van der Waals surface area contributed by atoms with E-state index < -0.39 is 28.3 Å². The molecule has 1 aromatic heterocycles. The van der Waals surface area contributed by atoms with Crippen molar-refractivity contribution >= 4 is 50.6 Å². The Labute approximate surface area is 240 Å². The Balaban J connectivity index is 1.36. The minimum absolute atomic E-state index is 0.0162. The number of nitrogens with zero attached hydrogens (tertiary/aromatic N) is 1. The summed E-state index contributed by atoms with van der Waals surface area (Å²) in [5, 5.41) is 12.1. The quantitative estimate of drug-likeness (QED) is 0.166. The molecule has 1 heterocycles. The van der Waals surface area contributed by atoms with Crippen LogP contribution in [0, 0.1) is 0 Å². The lowest BCUT2D eigenvalue weighted by atomic mass is 10.1. The summed E-state index contributed by atoms with van der Waals surface area (Å²) >= 11 is 12.6. The number of benzene rings is 3. The van der Waals surface area contributed by atoms with Crippen molar-refractivity contribution in [1.82, 2.24) is 9.71 Å². The molecule has 0 unspecified atom stereocenters. The first-order valence-corrected chi connectivity index (χ1v) is 14.1. The number of nitrogens with one attached hydrogen (secondary N) is 2. The third-order valence-corrected chi connectivity index (χ3v) is 7.74. The molecule has 0 saturated carbocycles. The highest BCUT2D eigenvalue weighted by Crippen LogP contribution is 2.30. The predicted molar refractivity (Wildman–Crippen MR) is 153 cm³/mol. The van der Waals surface area contributed by atoms with Gasteiger partial charge in [0.2, 0.25) is 10.0 Å². The van der Waals surface area contributed by atoms with Crippen LogP contribution in [0.1, 0.15) is 20.7 Å². The van der Waals surface area contributed by atoms with Gasteiger partial charge in [-0.3, -0.25) is 14.6 Å². The Bertz CT molecular complexity index is 1630. The minimum atomic E-state index is -3.94. The van der Waals surface area contributed by atoms with Gasteiger partial charge in [-0.05, 0) is 72.8 Å². The smallest absolute Gasteiger partial charge is 0.257 e. The molecule has 3 aromatic carbocycles. The van der Waals surface area contributed by atoms with Gasteiger partial charge in [0.1, 0.15) is 19.0 Å². The maximum absolute atomic E-state index is 12.9. The average Bonchev–Trinajstić information content (AvgIpc) is 2.96. The zero-order valence-corrected chi connectivity index (χ0v) is 23.1. The van der Waals surface area contributed by atoms with E-state index in [1.165, 1.54) is 30.3 Å². The van der Waals surface area contributed by atoms with Crippen LogP contribution in [0.4, 0.5) is 5.69 Å². The van der Waals surface area contributed by atoms with Crippen LogP contribution in [-0.4, -0.2) is 50.0 Å². The monoisotopic (exact) mass is 599 g/mol. The molecule has 0 aliphatic heterocycles. The molecule has 4 aromatic rings. The van der Waals surface area contributed by atoms with Gasteiger partial charge in [0, 0.05) is 29.6 Å². The molecule has 4 rings (SSSR count). The van der Waals surface area contributed by atoms with E-state index in [2.05, 4.69) is 15.0 Å². The van der Waals surface area contributed by atoms with Gasteiger partial charge < -0.3 is 15.2 Å². The van der Waals surface area contributed by atoms with Crippen LogP contribution < -0.4 is 14.8 Å². The number of aliphatic hydroxyl groups excluding tert-OH is 1. The van der Waals surface area contributed by atoms with Gasteiger partial charge in [0.05, 0.1) is 26.2 Å². The lowest BCUT2D eigenvalue weighted by molar-refractivity contribution is 0.0903. The first kappa shape index (κ1) is 29.2. The summed E-state index contributed by atoms with van der Waals surface area (Å²) in [4.78, 5) is 28.5. The van der Waals surface area contributed by atoms with E-state index >= 15 is 0 Å². The molecule has 9 nitrogen and oxygen atoms in total. The summed E-state index contributed by atoms with van der Waals surface area (Å²) in [5.41, 5.74) is 2.16. The fraction of sp³-hybridized carbons (Fsp3) is 0.107. The van der Waals surface area contributed by atoms with Gasteiger partial charge in [0.25, 0.3) is 5.91 Å². The molecule has 12 heteroatoms. The van der Waals surface area contributed by atoms with Gasteiger partial charge in [-0.25, -0.2) is 13.1 Å². The molecule has 3 N–H and O–H groups in total. The molecule has 0 fully saturated rings. The Hall–Kier alpha value is -3.80. The summed E-state index contributed by atoms with van der Waals surface area (Å²) in [6.07, 6.45) is 1.64. The normalized spacial score (nSPS) is 11.2. The van der Waals surface area contributed by atoms with Crippen molar-refractivity contribution in [2.45, 2.75) is 4.90 Å². The molecule has 0 spiro atoms. The number of rotatable bonds is 11. The molecule has 40 heavy (non-hydrogen) atoms. The number of anilines is 1. The number of amides is 1. The number of carbonyl (C=O) groups excluding carboxylic acids is 2. The predicted octanol–water partition coefficient (Wildman–Crippen LogP) is 4.84. The second-order valence-electron chi connectivity index (χ2n) is 8.36. The van der Waals surface area contributed by atoms with Crippen molar-refractivity contribution in [2.75, 3.05) is 25.1 Å². The number of aliphatic hydroxyl groups is 1. The first-order valence-electron chi connectivity index (χ1n) is 11.9. The van der Waals surface area contributed by atoms with Crippen molar-refractivity contribution in [1.29, 1.82) is 0 Å². The van der Waals surface area contributed by atoms with Gasteiger partial charge in [0.15, 0.2) is 5.78 Å². The maximum Gasteiger partial charge on any atom is 0.257 e. The number of Topliss-reactive ketones (excluding diaryl/α,β-unsaturated/α-hetero) is 1. The average molecular weight is 600 g/mol. The van der Waals surface area contributed by atoms with Gasteiger partial charge in [-0.2, -0.15) is 0 Å². The van der Waals surface area contributed by atoms with E-state index in [1.807, 2.05) is 6.07 Å². The number of hydrogen-bond acceptors (Lipinski definition) is 7. The van der Waals surface area contributed by atoms with Crippen molar-refractivity contribution in [2.24, 2.45) is 0 Å². The molecule has 1 amide bonds. The summed E-state index contributed by atoms with van der Waals surface area (Å²) in [6, 6.07) is 20.3. The van der Waals surface area contributed by atoms with E-state index in [0.717, 1.165) is 0 Å². The Morgan fingerprint density at radius 2 is 1.70 bits per heavy atom. The highest BCUT2D eigenvalue weighted by Gasteiger charge is 2.19. The van der Waals surface area contributed by atoms with Gasteiger partial charge >= 0.3 is 0 Å². The van der Waals surface area contributed by atoms with Crippen LogP contribution in [0.2, 0.25) is 10.0 Å². The number of carbonyl (C=O) groups is 2. The third kappa shape index (κ3) is 7.23. The minimum Gasteiger partial charge on any atom is -0.492 e. The molecule has 0 aliphatic carbocycles. The molecule has 0 radical (unpaired) electrons. The topological polar surface area (TPSA) is 135 Å². The van der Waals surface area contributed by atoms with Crippen molar-refractivity contribution in [3.05, 3.63) is 106 Å². The largest absolute Gasteiger partial charge is 0.492 e. The number of halogens is 2. The van der Waals surface area contributed by atoms with Crippen LogP contribution >= 0.6 is 23.2 Å². The lowest BCUT2D eigenvalue weighted by Gasteiger charge is -2.12. The fourth-order valence-electron chi connectivity index (χ4n) is 3.62. The molecule has 0 bridgehead atoms. The lowest BCUT2D eigenvalue weighted by Crippen LogP contribution is -2.28. The van der Waals surface area contributed by atoms with Crippen molar-refractivity contribution < 1.29 is 27.9 Å². The highest BCUT2D eigenvalue weighted by atomic mass is 35.5. The second kappa shape index (κ2) is 13.0. The standard InChI is InChI=1S/C28H23Cl2N3O6S/c29-24-11-6-19(15-23(24)26-3-1-2-12-31-26)33-28(36)22-10-9-21(16-25(22)30)40(37,38)32-13-14-39-20-7-4-18(5-8-20)27(35)17-34/h1-12,15-16,32,34H,13-14,17H2,(H,33,36). The summed E-state index contributed by atoms with van der Waals surface area (Å²) in [5.74, 6) is -0.516. The van der Waals surface area contributed by atoms with E-state index in [1.54, 1.807) is 48.7 Å². The van der Waals surface area contributed by atoms with Crippen molar-refractivity contribution in [3.63, 3.8) is 0 Å². The molecule has 0 atom stereocenters. The van der Waals surface area contributed by atoms with Crippen LogP contribution in [0.15, 0.2) is 90.0 Å². The highest BCUT2D eigenvalue weighted by molar-refractivity contribution is 7.89. The molecule has 206 valence electrons. The molecule has 0 saturated heterocycles. The van der Waals surface area contributed by atoms with E-state index in [0.29, 0.717) is 33.3 Å². The Kier molecular flexibility index (Phi) is 9.51. The first-order chi connectivity index (χ1) is 19.2.